The van der Waals surface area contributed by atoms with E-state index >= 15 is 0 Å². The summed E-state index contributed by atoms with van der Waals surface area (Å²) < 4.78 is 0. The Balaban J connectivity index is 1.93. The third kappa shape index (κ3) is 4.60. The van der Waals surface area contributed by atoms with E-state index in [1.54, 1.807) is 0 Å². The Morgan fingerprint density at radius 3 is 2.63 bits per heavy atom. The zero-order chi connectivity index (χ0) is 13.5. The molecule has 19 heavy (non-hydrogen) atoms. The molecule has 0 saturated heterocycles. The first-order valence-electron chi connectivity index (χ1n) is 6.67. The number of nitrogens with one attached hydrogen (secondary N) is 1. The van der Waals surface area contributed by atoms with E-state index in [0.29, 0.717) is 0 Å². The standard InChI is InChI=1S/C16H20N2S/c1-3-11-17-16-6-4-5-14(18-16)12-19-15-9-7-13(2)8-10-15/h4-10H,3,11-12H2,1-2H3,(H,17,18). The molecule has 0 aliphatic carbocycles. The summed E-state index contributed by atoms with van der Waals surface area (Å²) in [5.41, 5.74) is 2.42. The number of pyridine rings is 1. The molecular weight excluding hydrogens is 252 g/mol. The van der Waals surface area contributed by atoms with Gasteiger partial charge in [-0.2, -0.15) is 0 Å². The van der Waals surface area contributed by atoms with Crippen molar-refractivity contribution >= 4 is 17.6 Å². The van der Waals surface area contributed by atoms with Gasteiger partial charge < -0.3 is 5.32 Å². The van der Waals surface area contributed by atoms with Gasteiger partial charge in [0.1, 0.15) is 5.82 Å². The zero-order valence-electron chi connectivity index (χ0n) is 11.5. The molecule has 1 N–H and O–H groups in total. The maximum absolute atomic E-state index is 4.61. The normalized spacial score (nSPS) is 10.4. The molecule has 0 amide bonds. The fourth-order valence-electron chi connectivity index (χ4n) is 1.70. The van der Waals surface area contributed by atoms with Crippen LogP contribution >= 0.6 is 11.8 Å². The van der Waals surface area contributed by atoms with Crippen LogP contribution in [0.2, 0.25) is 0 Å². The zero-order valence-corrected chi connectivity index (χ0v) is 12.3. The number of nitrogens with zero attached hydrogens (tertiary/aromatic N) is 1. The van der Waals surface area contributed by atoms with Gasteiger partial charge in [0.25, 0.3) is 0 Å². The van der Waals surface area contributed by atoms with Crippen molar-refractivity contribution in [3.63, 3.8) is 0 Å². The van der Waals surface area contributed by atoms with E-state index in [1.807, 2.05) is 17.8 Å². The van der Waals surface area contributed by atoms with Gasteiger partial charge in [0.2, 0.25) is 0 Å². The average molecular weight is 272 g/mol. The first-order chi connectivity index (χ1) is 9.28. The number of anilines is 1. The highest BCUT2D eigenvalue weighted by Crippen LogP contribution is 2.22. The molecule has 1 heterocycles. The van der Waals surface area contributed by atoms with Gasteiger partial charge in [-0.15, -0.1) is 11.8 Å². The van der Waals surface area contributed by atoms with Crippen LogP contribution in [0.15, 0.2) is 47.4 Å². The van der Waals surface area contributed by atoms with Crippen molar-refractivity contribution in [2.45, 2.75) is 30.9 Å². The van der Waals surface area contributed by atoms with Gasteiger partial charge in [0.15, 0.2) is 0 Å². The quantitative estimate of drug-likeness (QED) is 0.783. The summed E-state index contributed by atoms with van der Waals surface area (Å²) in [7, 11) is 0. The monoisotopic (exact) mass is 272 g/mol. The highest BCUT2D eigenvalue weighted by atomic mass is 32.2. The first kappa shape index (κ1) is 13.9. The average Bonchev–Trinajstić information content (AvgIpc) is 2.45. The van der Waals surface area contributed by atoms with Gasteiger partial charge in [-0.25, -0.2) is 4.98 Å². The molecule has 2 nitrogen and oxygen atoms in total. The van der Waals surface area contributed by atoms with Crippen LogP contribution in [-0.4, -0.2) is 11.5 Å². The van der Waals surface area contributed by atoms with Crippen LogP contribution < -0.4 is 5.32 Å². The second-order valence-corrected chi connectivity index (χ2v) is 5.59. The van der Waals surface area contributed by atoms with E-state index in [2.05, 4.69) is 60.5 Å². The first-order valence-corrected chi connectivity index (χ1v) is 7.66. The van der Waals surface area contributed by atoms with Gasteiger partial charge >= 0.3 is 0 Å². The van der Waals surface area contributed by atoms with Crippen LogP contribution in [0.5, 0.6) is 0 Å². The topological polar surface area (TPSA) is 24.9 Å². The van der Waals surface area contributed by atoms with Crippen molar-refractivity contribution < 1.29 is 0 Å². The van der Waals surface area contributed by atoms with Crippen LogP contribution in [0.4, 0.5) is 5.82 Å². The summed E-state index contributed by atoms with van der Waals surface area (Å²) in [6.45, 7) is 5.24. The number of rotatable bonds is 6. The van der Waals surface area contributed by atoms with Crippen LogP contribution in [0.3, 0.4) is 0 Å². The number of hydrogen-bond acceptors (Lipinski definition) is 3. The lowest BCUT2D eigenvalue weighted by Crippen LogP contribution is -2.02. The minimum Gasteiger partial charge on any atom is -0.370 e. The Hall–Kier alpha value is -1.48. The lowest BCUT2D eigenvalue weighted by atomic mass is 10.2. The van der Waals surface area contributed by atoms with Gasteiger partial charge in [-0.05, 0) is 37.6 Å². The molecule has 0 radical (unpaired) electrons. The second kappa shape index (κ2) is 7.19. The molecular formula is C16H20N2S. The predicted octanol–water partition coefficient (Wildman–Crippen LogP) is 4.50. The summed E-state index contributed by atoms with van der Waals surface area (Å²) in [6.07, 6.45) is 1.12. The lowest BCUT2D eigenvalue weighted by Gasteiger charge is -2.06. The Kier molecular flexibility index (Phi) is 5.28. The van der Waals surface area contributed by atoms with Gasteiger partial charge in [0.05, 0.1) is 5.69 Å². The maximum atomic E-state index is 4.61. The summed E-state index contributed by atoms with van der Waals surface area (Å²) in [4.78, 5) is 5.90. The molecule has 0 spiro atoms. The molecule has 2 rings (SSSR count). The van der Waals surface area contributed by atoms with Crippen molar-refractivity contribution in [2.75, 3.05) is 11.9 Å². The molecule has 1 aromatic heterocycles. The van der Waals surface area contributed by atoms with Crippen molar-refractivity contribution in [3.8, 4) is 0 Å². The number of thioether (sulfide) groups is 1. The molecule has 1 aromatic carbocycles. The lowest BCUT2D eigenvalue weighted by molar-refractivity contribution is 0.965. The summed E-state index contributed by atoms with van der Waals surface area (Å²) >= 11 is 1.82. The largest absolute Gasteiger partial charge is 0.370 e. The highest BCUT2D eigenvalue weighted by molar-refractivity contribution is 7.98. The highest BCUT2D eigenvalue weighted by Gasteiger charge is 1.99. The SMILES string of the molecule is CCCNc1cccc(CSc2ccc(C)cc2)n1. The third-order valence-electron chi connectivity index (χ3n) is 2.77. The molecule has 0 aliphatic heterocycles. The molecule has 100 valence electrons. The van der Waals surface area contributed by atoms with E-state index in [9.17, 15) is 0 Å². The fraction of sp³-hybridized carbons (Fsp3) is 0.312. The Morgan fingerprint density at radius 2 is 1.89 bits per heavy atom. The predicted molar refractivity (Wildman–Crippen MR) is 83.8 cm³/mol. The molecule has 0 atom stereocenters. The van der Waals surface area contributed by atoms with Crippen molar-refractivity contribution in [1.29, 1.82) is 0 Å². The van der Waals surface area contributed by atoms with E-state index in [-0.39, 0.29) is 0 Å². The molecule has 0 bridgehead atoms. The maximum Gasteiger partial charge on any atom is 0.126 e. The van der Waals surface area contributed by atoms with Crippen molar-refractivity contribution in [3.05, 3.63) is 53.7 Å². The molecule has 0 saturated carbocycles. The Labute approximate surface area is 119 Å². The Bertz CT molecular complexity index is 508. The summed E-state index contributed by atoms with van der Waals surface area (Å²) in [5, 5.41) is 3.32. The van der Waals surface area contributed by atoms with Gasteiger partial charge in [-0.3, -0.25) is 0 Å². The molecule has 0 aliphatic rings. The number of benzene rings is 1. The van der Waals surface area contributed by atoms with Crippen molar-refractivity contribution in [2.24, 2.45) is 0 Å². The van der Waals surface area contributed by atoms with E-state index in [0.717, 1.165) is 30.2 Å². The molecule has 0 fully saturated rings. The van der Waals surface area contributed by atoms with E-state index < -0.39 is 0 Å². The number of aromatic nitrogens is 1. The van der Waals surface area contributed by atoms with Gasteiger partial charge in [0, 0.05) is 17.2 Å². The molecule has 3 heteroatoms. The van der Waals surface area contributed by atoms with Gasteiger partial charge in [-0.1, -0.05) is 30.7 Å². The van der Waals surface area contributed by atoms with Crippen LogP contribution in [-0.2, 0) is 5.75 Å². The molecule has 2 aromatic rings. The smallest absolute Gasteiger partial charge is 0.126 e. The second-order valence-electron chi connectivity index (χ2n) is 4.54. The number of aryl methyl sites for hydroxylation is 1. The van der Waals surface area contributed by atoms with E-state index in [4.69, 9.17) is 0 Å². The Morgan fingerprint density at radius 1 is 1.11 bits per heavy atom. The van der Waals surface area contributed by atoms with Crippen LogP contribution in [0.25, 0.3) is 0 Å². The molecule has 0 unspecified atom stereocenters. The van der Waals surface area contributed by atoms with E-state index in [1.165, 1.54) is 10.5 Å². The summed E-state index contributed by atoms with van der Waals surface area (Å²) in [5.74, 6) is 1.88. The third-order valence-corrected chi connectivity index (χ3v) is 3.82. The van der Waals surface area contributed by atoms with Crippen molar-refractivity contribution in [1.82, 2.24) is 4.98 Å². The minimum atomic E-state index is 0.907. The fourth-order valence-corrected chi connectivity index (χ4v) is 2.51. The van der Waals surface area contributed by atoms with Crippen LogP contribution in [0.1, 0.15) is 24.6 Å². The number of hydrogen-bond donors (Lipinski definition) is 1. The minimum absolute atomic E-state index is 0.907. The summed E-state index contributed by atoms with van der Waals surface area (Å²) in [6, 6.07) is 14.8. The van der Waals surface area contributed by atoms with Crippen LogP contribution in [0, 0.1) is 6.92 Å².